The molecule has 0 spiro atoms. The summed E-state index contributed by atoms with van der Waals surface area (Å²) < 4.78 is 23.3. The van der Waals surface area contributed by atoms with E-state index in [-0.39, 0.29) is 5.91 Å². The lowest BCUT2D eigenvalue weighted by Crippen LogP contribution is -2.37. The van der Waals surface area contributed by atoms with Crippen LogP contribution in [-0.2, 0) is 4.74 Å². The van der Waals surface area contributed by atoms with Crippen molar-refractivity contribution in [2.45, 2.75) is 25.7 Å². The Morgan fingerprint density at radius 3 is 2.55 bits per heavy atom. The number of benzene rings is 1. The number of nitrogens with one attached hydrogen (secondary N) is 1. The van der Waals surface area contributed by atoms with Gasteiger partial charge in [0.05, 0.1) is 38.6 Å². The lowest BCUT2D eigenvalue weighted by atomic mass is 10.1. The number of fused-ring (bicyclic) bond motifs is 1. The van der Waals surface area contributed by atoms with Crippen molar-refractivity contribution in [2.24, 2.45) is 0 Å². The van der Waals surface area contributed by atoms with Gasteiger partial charge in [0.25, 0.3) is 5.91 Å². The average molecular weight is 599 g/mol. The van der Waals surface area contributed by atoms with Gasteiger partial charge < -0.3 is 29.2 Å². The number of pyridine rings is 3. The Balaban J connectivity index is 1.08. The minimum absolute atomic E-state index is 0.309. The van der Waals surface area contributed by atoms with E-state index in [0.717, 1.165) is 81.8 Å². The van der Waals surface area contributed by atoms with Gasteiger partial charge >= 0.3 is 0 Å². The summed E-state index contributed by atoms with van der Waals surface area (Å²) in [5, 5.41) is 3.61. The SMILES string of the molecule is COc1cc2c(Oc3ccc(NC(=O)c4cc(N5CCCCC5)ccn4)nc3)ccnc2cc1OCCCN1CCOCC1. The van der Waals surface area contributed by atoms with Crippen LogP contribution in [-0.4, -0.2) is 85.4 Å². The predicted octanol–water partition coefficient (Wildman–Crippen LogP) is 5.17. The van der Waals surface area contributed by atoms with E-state index in [1.54, 1.807) is 43.9 Å². The number of piperidine rings is 1. The van der Waals surface area contributed by atoms with Crippen LogP contribution in [0, 0.1) is 0 Å². The zero-order valence-electron chi connectivity index (χ0n) is 25.0. The Morgan fingerprint density at radius 1 is 0.909 bits per heavy atom. The summed E-state index contributed by atoms with van der Waals surface area (Å²) in [5.41, 5.74) is 2.10. The molecule has 1 N–H and O–H groups in total. The molecule has 2 aliphatic rings. The number of morpholine rings is 1. The Kier molecular flexibility index (Phi) is 9.63. The molecule has 44 heavy (non-hydrogen) atoms. The molecule has 230 valence electrons. The van der Waals surface area contributed by atoms with E-state index in [1.165, 1.54) is 6.42 Å². The van der Waals surface area contributed by atoms with Crippen molar-refractivity contribution < 1.29 is 23.7 Å². The first-order valence-electron chi connectivity index (χ1n) is 15.2. The summed E-state index contributed by atoms with van der Waals surface area (Å²) in [6, 6.07) is 12.8. The number of rotatable bonds is 11. The molecule has 1 amide bonds. The Morgan fingerprint density at radius 2 is 1.75 bits per heavy atom. The van der Waals surface area contributed by atoms with E-state index in [0.29, 0.717) is 41.1 Å². The number of methoxy groups -OCH3 is 1. The molecular weight excluding hydrogens is 560 g/mol. The van der Waals surface area contributed by atoms with Gasteiger partial charge in [-0.15, -0.1) is 0 Å². The molecular formula is C33H38N6O5. The summed E-state index contributed by atoms with van der Waals surface area (Å²) in [5.74, 6) is 2.47. The van der Waals surface area contributed by atoms with Crippen LogP contribution in [0.3, 0.4) is 0 Å². The summed E-state index contributed by atoms with van der Waals surface area (Å²) in [7, 11) is 1.62. The molecule has 2 fully saturated rings. The van der Waals surface area contributed by atoms with Gasteiger partial charge in [0, 0.05) is 62.3 Å². The molecule has 0 saturated carbocycles. The number of ether oxygens (including phenoxy) is 4. The number of hydrogen-bond donors (Lipinski definition) is 1. The first kappa shape index (κ1) is 29.6. The van der Waals surface area contributed by atoms with E-state index >= 15 is 0 Å². The normalized spacial score (nSPS) is 15.6. The molecule has 3 aromatic heterocycles. The van der Waals surface area contributed by atoms with Crippen molar-refractivity contribution in [3.05, 3.63) is 66.7 Å². The maximum atomic E-state index is 12.9. The first-order valence-corrected chi connectivity index (χ1v) is 15.2. The van der Waals surface area contributed by atoms with E-state index in [2.05, 4.69) is 30.1 Å². The molecule has 2 aliphatic heterocycles. The van der Waals surface area contributed by atoms with Gasteiger partial charge in [-0.1, -0.05) is 0 Å². The molecule has 0 bridgehead atoms. The van der Waals surface area contributed by atoms with Crippen LogP contribution in [0.15, 0.2) is 61.1 Å². The zero-order chi connectivity index (χ0) is 30.1. The third-order valence-electron chi connectivity index (χ3n) is 7.87. The van der Waals surface area contributed by atoms with Crippen molar-refractivity contribution in [1.29, 1.82) is 0 Å². The number of carbonyl (C=O) groups is 1. The minimum Gasteiger partial charge on any atom is -0.493 e. The second-order valence-corrected chi connectivity index (χ2v) is 10.9. The van der Waals surface area contributed by atoms with Crippen LogP contribution in [0.1, 0.15) is 36.2 Å². The van der Waals surface area contributed by atoms with Crippen molar-refractivity contribution in [3.63, 3.8) is 0 Å². The van der Waals surface area contributed by atoms with E-state index < -0.39 is 0 Å². The van der Waals surface area contributed by atoms with Gasteiger partial charge in [0.15, 0.2) is 11.5 Å². The number of nitrogens with zero attached hydrogens (tertiary/aromatic N) is 5. The molecule has 0 radical (unpaired) electrons. The minimum atomic E-state index is -0.309. The van der Waals surface area contributed by atoms with Gasteiger partial charge in [-0.05, 0) is 62.1 Å². The number of anilines is 2. The highest BCUT2D eigenvalue weighted by Crippen LogP contribution is 2.37. The lowest BCUT2D eigenvalue weighted by Gasteiger charge is -2.28. The van der Waals surface area contributed by atoms with Crippen LogP contribution in [0.5, 0.6) is 23.0 Å². The Hall–Kier alpha value is -4.48. The maximum Gasteiger partial charge on any atom is 0.275 e. The number of aromatic nitrogens is 3. The monoisotopic (exact) mass is 598 g/mol. The fourth-order valence-corrected chi connectivity index (χ4v) is 5.50. The second-order valence-electron chi connectivity index (χ2n) is 10.9. The number of hydrogen-bond acceptors (Lipinski definition) is 10. The van der Waals surface area contributed by atoms with Crippen LogP contribution >= 0.6 is 0 Å². The lowest BCUT2D eigenvalue weighted by molar-refractivity contribution is 0.0357. The topological polar surface area (TPSA) is 111 Å². The molecule has 0 atom stereocenters. The molecule has 1 aromatic carbocycles. The van der Waals surface area contributed by atoms with Gasteiger partial charge in [0.1, 0.15) is 23.0 Å². The zero-order valence-corrected chi connectivity index (χ0v) is 25.0. The molecule has 11 nitrogen and oxygen atoms in total. The van der Waals surface area contributed by atoms with Gasteiger partial charge in [-0.3, -0.25) is 19.7 Å². The predicted molar refractivity (Wildman–Crippen MR) is 168 cm³/mol. The smallest absolute Gasteiger partial charge is 0.275 e. The molecule has 0 unspecified atom stereocenters. The second kappa shape index (κ2) is 14.3. The highest BCUT2D eigenvalue weighted by atomic mass is 16.5. The Labute approximate surface area is 257 Å². The first-order chi connectivity index (χ1) is 21.7. The third-order valence-corrected chi connectivity index (χ3v) is 7.87. The molecule has 5 heterocycles. The highest BCUT2D eigenvalue weighted by Gasteiger charge is 2.16. The van der Waals surface area contributed by atoms with Gasteiger partial charge in [-0.25, -0.2) is 4.98 Å². The average Bonchev–Trinajstić information content (AvgIpc) is 3.08. The molecule has 6 rings (SSSR count). The molecule has 4 aromatic rings. The van der Waals surface area contributed by atoms with Crippen molar-refractivity contribution >= 4 is 28.3 Å². The summed E-state index contributed by atoms with van der Waals surface area (Å²) in [6.45, 7) is 7.04. The van der Waals surface area contributed by atoms with Crippen molar-refractivity contribution in [1.82, 2.24) is 19.9 Å². The summed E-state index contributed by atoms with van der Waals surface area (Å²) in [4.78, 5) is 30.8. The maximum absolute atomic E-state index is 12.9. The van der Waals surface area contributed by atoms with Gasteiger partial charge in [0.2, 0.25) is 0 Å². The van der Waals surface area contributed by atoms with Crippen LogP contribution < -0.4 is 24.4 Å². The van der Waals surface area contributed by atoms with Gasteiger partial charge in [-0.2, -0.15) is 0 Å². The Bertz CT molecular complexity index is 1550. The fourth-order valence-electron chi connectivity index (χ4n) is 5.50. The van der Waals surface area contributed by atoms with E-state index in [4.69, 9.17) is 18.9 Å². The fraction of sp³-hybridized carbons (Fsp3) is 0.394. The summed E-state index contributed by atoms with van der Waals surface area (Å²) in [6.07, 6.45) is 9.43. The van der Waals surface area contributed by atoms with Crippen LogP contribution in [0.4, 0.5) is 11.5 Å². The van der Waals surface area contributed by atoms with E-state index in [1.807, 2.05) is 24.3 Å². The molecule has 11 heteroatoms. The summed E-state index contributed by atoms with van der Waals surface area (Å²) >= 11 is 0. The van der Waals surface area contributed by atoms with Crippen LogP contribution in [0.2, 0.25) is 0 Å². The number of carbonyl (C=O) groups excluding carboxylic acids is 1. The standard InChI is InChI=1S/C33H38N6O5/c1-41-30-21-26-27(22-31(30)43-17-5-12-38-15-18-42-19-16-38)34-11-9-29(26)44-25-6-7-32(36-23-25)37-33(40)28-20-24(8-10-35-28)39-13-3-2-4-14-39/h6-11,20-23H,2-5,12-19H2,1H3,(H,36,37,40). The largest absolute Gasteiger partial charge is 0.493 e. The molecule has 2 saturated heterocycles. The van der Waals surface area contributed by atoms with Crippen LogP contribution in [0.25, 0.3) is 10.9 Å². The number of amides is 1. The quantitative estimate of drug-likeness (QED) is 0.232. The van der Waals surface area contributed by atoms with Crippen molar-refractivity contribution in [2.75, 3.05) is 69.9 Å². The van der Waals surface area contributed by atoms with Crippen molar-refractivity contribution in [3.8, 4) is 23.0 Å². The van der Waals surface area contributed by atoms with E-state index in [9.17, 15) is 4.79 Å². The highest BCUT2D eigenvalue weighted by molar-refractivity contribution is 6.02. The molecule has 0 aliphatic carbocycles. The third kappa shape index (κ3) is 7.35.